The molecule has 0 bridgehead atoms. The van der Waals surface area contributed by atoms with Gasteiger partial charge in [-0.05, 0) is 49.1 Å². The van der Waals surface area contributed by atoms with Gasteiger partial charge in [0, 0.05) is 6.54 Å². The van der Waals surface area contributed by atoms with E-state index in [4.69, 9.17) is 0 Å². The van der Waals surface area contributed by atoms with Crippen LogP contribution in [-0.4, -0.2) is 35.1 Å². The Hall–Kier alpha value is -3.04. The van der Waals surface area contributed by atoms with Crippen LogP contribution in [-0.2, 0) is 21.4 Å². The minimum Gasteiger partial charge on any atom is -0.351 e. The minimum absolute atomic E-state index is 0.137. The molecule has 3 aromatic rings. The third-order valence-corrected chi connectivity index (χ3v) is 6.23. The van der Waals surface area contributed by atoms with E-state index in [0.717, 1.165) is 16.8 Å². The van der Waals surface area contributed by atoms with E-state index in [2.05, 4.69) is 20.1 Å². The van der Waals surface area contributed by atoms with Crippen molar-refractivity contribution in [2.24, 2.45) is 5.92 Å². The maximum atomic E-state index is 12.8. The standard InChI is InChI=1S/C22H27N5O3S/c1-16(2)12-21(26-31(29,30)20-10-4-17(3)5-11-20)22(28)24-13-18-6-8-19(9-7-18)27-15-23-14-25-27/h4-11,14-16,21,26H,12-13H2,1-3H3,(H,24,28). The zero-order valence-electron chi connectivity index (χ0n) is 17.8. The Bertz CT molecular complexity index is 1090. The Kier molecular flexibility index (Phi) is 7.19. The van der Waals surface area contributed by atoms with E-state index in [1.165, 1.54) is 6.33 Å². The highest BCUT2D eigenvalue weighted by Gasteiger charge is 2.26. The molecule has 0 aliphatic heterocycles. The van der Waals surface area contributed by atoms with Gasteiger partial charge in [0.1, 0.15) is 18.7 Å². The highest BCUT2D eigenvalue weighted by atomic mass is 32.2. The van der Waals surface area contributed by atoms with Crippen LogP contribution in [0.4, 0.5) is 0 Å². The van der Waals surface area contributed by atoms with E-state index in [1.807, 2.05) is 45.0 Å². The molecule has 0 saturated carbocycles. The molecule has 2 aromatic carbocycles. The molecule has 1 unspecified atom stereocenters. The average molecular weight is 442 g/mol. The number of aryl methyl sites for hydroxylation is 1. The molecule has 0 fully saturated rings. The van der Waals surface area contributed by atoms with Gasteiger partial charge in [0.15, 0.2) is 0 Å². The number of nitrogens with zero attached hydrogens (tertiary/aromatic N) is 3. The second kappa shape index (κ2) is 9.84. The van der Waals surface area contributed by atoms with Crippen molar-refractivity contribution < 1.29 is 13.2 Å². The lowest BCUT2D eigenvalue weighted by atomic mass is 10.0. The average Bonchev–Trinajstić information content (AvgIpc) is 3.26. The van der Waals surface area contributed by atoms with Crippen LogP contribution in [0.3, 0.4) is 0 Å². The molecule has 3 rings (SSSR count). The molecule has 0 saturated heterocycles. The molecule has 164 valence electrons. The molecule has 1 heterocycles. The first kappa shape index (κ1) is 22.6. The molecule has 0 spiro atoms. The van der Waals surface area contributed by atoms with Gasteiger partial charge < -0.3 is 5.32 Å². The number of carbonyl (C=O) groups is 1. The largest absolute Gasteiger partial charge is 0.351 e. The lowest BCUT2D eigenvalue weighted by Gasteiger charge is -2.20. The number of amides is 1. The van der Waals surface area contributed by atoms with Crippen molar-refractivity contribution in [3.63, 3.8) is 0 Å². The molecular formula is C22H27N5O3S. The van der Waals surface area contributed by atoms with Crippen molar-refractivity contribution in [2.45, 2.75) is 44.7 Å². The molecule has 8 nitrogen and oxygen atoms in total. The number of rotatable bonds is 9. The van der Waals surface area contributed by atoms with Gasteiger partial charge in [-0.2, -0.15) is 9.82 Å². The van der Waals surface area contributed by atoms with Crippen molar-refractivity contribution >= 4 is 15.9 Å². The van der Waals surface area contributed by atoms with Crippen LogP contribution in [0, 0.1) is 12.8 Å². The Morgan fingerprint density at radius 1 is 1.06 bits per heavy atom. The summed E-state index contributed by atoms with van der Waals surface area (Å²) < 4.78 is 29.7. The van der Waals surface area contributed by atoms with Gasteiger partial charge in [-0.3, -0.25) is 4.79 Å². The van der Waals surface area contributed by atoms with Crippen molar-refractivity contribution in [2.75, 3.05) is 0 Å². The summed E-state index contributed by atoms with van der Waals surface area (Å²) in [7, 11) is -3.81. The first-order chi connectivity index (χ1) is 14.7. The molecule has 1 aromatic heterocycles. The normalized spacial score (nSPS) is 12.6. The van der Waals surface area contributed by atoms with Gasteiger partial charge in [0.25, 0.3) is 0 Å². The smallest absolute Gasteiger partial charge is 0.241 e. The predicted octanol–water partition coefficient (Wildman–Crippen LogP) is 2.59. The molecule has 0 aliphatic carbocycles. The fourth-order valence-electron chi connectivity index (χ4n) is 3.07. The fraction of sp³-hybridized carbons (Fsp3) is 0.318. The molecule has 2 N–H and O–H groups in total. The van der Waals surface area contributed by atoms with Gasteiger partial charge in [0.2, 0.25) is 15.9 Å². The first-order valence-corrected chi connectivity index (χ1v) is 11.5. The number of benzene rings is 2. The number of sulfonamides is 1. The van der Waals surface area contributed by atoms with Gasteiger partial charge >= 0.3 is 0 Å². The summed E-state index contributed by atoms with van der Waals surface area (Å²) in [6, 6.07) is 13.2. The Morgan fingerprint density at radius 3 is 2.32 bits per heavy atom. The highest BCUT2D eigenvalue weighted by molar-refractivity contribution is 7.89. The lowest BCUT2D eigenvalue weighted by molar-refractivity contribution is -0.123. The third-order valence-electron chi connectivity index (χ3n) is 4.74. The Morgan fingerprint density at radius 2 is 1.74 bits per heavy atom. The highest BCUT2D eigenvalue weighted by Crippen LogP contribution is 2.14. The van der Waals surface area contributed by atoms with Crippen LogP contribution < -0.4 is 10.0 Å². The van der Waals surface area contributed by atoms with E-state index in [1.54, 1.807) is 35.3 Å². The molecule has 0 aliphatic rings. The van der Waals surface area contributed by atoms with Gasteiger partial charge in [-0.15, -0.1) is 0 Å². The Labute approximate surface area is 182 Å². The summed E-state index contributed by atoms with van der Waals surface area (Å²) in [4.78, 5) is 16.9. The summed E-state index contributed by atoms with van der Waals surface area (Å²) in [5.74, 6) is -0.219. The maximum Gasteiger partial charge on any atom is 0.241 e. The quantitative estimate of drug-likeness (QED) is 0.531. The number of nitrogens with one attached hydrogen (secondary N) is 2. The first-order valence-electron chi connectivity index (χ1n) is 10.1. The summed E-state index contributed by atoms with van der Waals surface area (Å²) >= 11 is 0. The van der Waals surface area contributed by atoms with Crippen LogP contribution in [0.25, 0.3) is 5.69 Å². The minimum atomic E-state index is -3.81. The molecule has 31 heavy (non-hydrogen) atoms. The van der Waals surface area contributed by atoms with E-state index in [9.17, 15) is 13.2 Å². The van der Waals surface area contributed by atoms with Crippen molar-refractivity contribution in [3.8, 4) is 5.69 Å². The van der Waals surface area contributed by atoms with E-state index < -0.39 is 16.1 Å². The SMILES string of the molecule is Cc1ccc(S(=O)(=O)NC(CC(C)C)C(=O)NCc2ccc(-n3cncn3)cc2)cc1. The van der Waals surface area contributed by atoms with Crippen LogP contribution >= 0.6 is 0 Å². The van der Waals surface area contributed by atoms with Gasteiger partial charge in [0.05, 0.1) is 10.6 Å². The van der Waals surface area contributed by atoms with Gasteiger partial charge in [-0.1, -0.05) is 43.7 Å². The molecule has 9 heteroatoms. The number of aromatic nitrogens is 3. The predicted molar refractivity (Wildman–Crippen MR) is 118 cm³/mol. The van der Waals surface area contributed by atoms with Gasteiger partial charge in [-0.25, -0.2) is 18.1 Å². The van der Waals surface area contributed by atoms with E-state index in [0.29, 0.717) is 6.42 Å². The van der Waals surface area contributed by atoms with Crippen LogP contribution in [0.1, 0.15) is 31.4 Å². The second-order valence-electron chi connectivity index (χ2n) is 7.84. The van der Waals surface area contributed by atoms with Crippen LogP contribution in [0.15, 0.2) is 66.1 Å². The summed E-state index contributed by atoms with van der Waals surface area (Å²) in [6.07, 6.45) is 3.45. The summed E-state index contributed by atoms with van der Waals surface area (Å²) in [6.45, 7) is 6.07. The van der Waals surface area contributed by atoms with Crippen molar-refractivity contribution in [3.05, 3.63) is 72.3 Å². The number of carbonyl (C=O) groups excluding carboxylic acids is 1. The fourth-order valence-corrected chi connectivity index (χ4v) is 4.28. The zero-order valence-corrected chi connectivity index (χ0v) is 18.6. The summed E-state index contributed by atoms with van der Waals surface area (Å²) in [5.41, 5.74) is 2.71. The lowest BCUT2D eigenvalue weighted by Crippen LogP contribution is -2.47. The monoisotopic (exact) mass is 441 g/mol. The van der Waals surface area contributed by atoms with E-state index >= 15 is 0 Å². The Balaban J connectivity index is 1.66. The molecule has 1 amide bonds. The topological polar surface area (TPSA) is 106 Å². The molecular weight excluding hydrogens is 414 g/mol. The van der Waals surface area contributed by atoms with E-state index in [-0.39, 0.29) is 23.3 Å². The zero-order chi connectivity index (χ0) is 22.4. The maximum absolute atomic E-state index is 12.8. The second-order valence-corrected chi connectivity index (χ2v) is 9.55. The molecule has 1 atom stereocenters. The van der Waals surface area contributed by atoms with Crippen LogP contribution in [0.2, 0.25) is 0 Å². The van der Waals surface area contributed by atoms with Crippen molar-refractivity contribution in [1.82, 2.24) is 24.8 Å². The molecule has 0 radical (unpaired) electrons. The third kappa shape index (κ3) is 6.22. The van der Waals surface area contributed by atoms with Crippen LogP contribution in [0.5, 0.6) is 0 Å². The van der Waals surface area contributed by atoms with Crippen molar-refractivity contribution in [1.29, 1.82) is 0 Å². The summed E-state index contributed by atoms with van der Waals surface area (Å²) in [5, 5.41) is 6.92. The number of hydrogen-bond donors (Lipinski definition) is 2. The number of hydrogen-bond acceptors (Lipinski definition) is 5.